The van der Waals surface area contributed by atoms with Crippen molar-refractivity contribution in [2.75, 3.05) is 39.3 Å². The number of hydrogen-bond donors (Lipinski definition) is 4. The molecular weight excluding hydrogens is 306 g/mol. The Hall–Kier alpha value is -0.580. The van der Waals surface area contributed by atoms with E-state index in [4.69, 9.17) is 10.2 Å². The second-order valence-corrected chi connectivity index (χ2v) is 5.38. The molecule has 4 N–H and O–H groups in total. The van der Waals surface area contributed by atoms with E-state index in [2.05, 4.69) is 0 Å². The maximum atomic E-state index is 12.3. The zero-order chi connectivity index (χ0) is 16.3. The van der Waals surface area contributed by atoms with E-state index >= 15 is 0 Å². The van der Waals surface area contributed by atoms with Gasteiger partial charge in [0.25, 0.3) is 0 Å². The fraction of sp³-hybridized carbons (Fsp3) is 1.00. The topological polar surface area (TPSA) is 49.3 Å². The molecule has 0 amide bonds. The minimum absolute atomic E-state index is 0.229. The van der Waals surface area contributed by atoms with Crippen LogP contribution in [0.3, 0.4) is 0 Å². The summed E-state index contributed by atoms with van der Waals surface area (Å²) in [6.45, 7) is 0.175. The number of quaternary nitrogens is 2. The fourth-order valence-corrected chi connectivity index (χ4v) is 2.38. The normalized spacial score (nSPS) is 28.0. The fourth-order valence-electron chi connectivity index (χ4n) is 2.38. The molecule has 1 heterocycles. The van der Waals surface area contributed by atoms with Gasteiger partial charge in [-0.2, -0.15) is 26.3 Å². The lowest BCUT2D eigenvalue weighted by molar-refractivity contribution is -0.942. The van der Waals surface area contributed by atoms with E-state index in [1.807, 2.05) is 0 Å². The van der Waals surface area contributed by atoms with E-state index in [1.165, 1.54) is 0 Å². The average Bonchev–Trinajstić information content (AvgIpc) is 2.52. The molecular formula is C11H20F6N2O2+2. The molecule has 1 rings (SSSR count). The van der Waals surface area contributed by atoms with Crippen LogP contribution in [0.15, 0.2) is 0 Å². The van der Waals surface area contributed by atoms with Gasteiger partial charge in [0.2, 0.25) is 0 Å². The smallest absolute Gasteiger partial charge is 0.379 e. The highest BCUT2D eigenvalue weighted by molar-refractivity contribution is 4.64. The van der Waals surface area contributed by atoms with E-state index in [9.17, 15) is 26.3 Å². The van der Waals surface area contributed by atoms with Gasteiger partial charge in [-0.05, 0) is 0 Å². The lowest BCUT2D eigenvalue weighted by Gasteiger charge is -2.22. The van der Waals surface area contributed by atoms with Crippen LogP contribution in [-0.4, -0.2) is 74.0 Å². The molecule has 0 aromatic heterocycles. The summed E-state index contributed by atoms with van der Waals surface area (Å²) in [4.78, 5) is 1.02. The van der Waals surface area contributed by atoms with Gasteiger partial charge in [0.15, 0.2) is 12.2 Å². The summed E-state index contributed by atoms with van der Waals surface area (Å²) < 4.78 is 73.6. The SMILES string of the molecule is O[C@@H](C[NH+]1CCC[NH+](C[C@H](O)C(F)(F)F)CC1)C(F)(F)F. The Morgan fingerprint density at radius 1 is 0.714 bits per heavy atom. The summed E-state index contributed by atoms with van der Waals surface area (Å²) in [6, 6.07) is 0. The Kier molecular flexibility index (Phi) is 6.26. The predicted octanol–water partition coefficient (Wildman–Crippen LogP) is -1.99. The van der Waals surface area contributed by atoms with Crippen molar-refractivity contribution in [3.05, 3.63) is 0 Å². The minimum Gasteiger partial charge on any atom is -0.379 e. The molecule has 1 aliphatic rings. The predicted molar refractivity (Wildman–Crippen MR) is 59.9 cm³/mol. The van der Waals surface area contributed by atoms with E-state index in [0.717, 1.165) is 0 Å². The van der Waals surface area contributed by atoms with Crippen molar-refractivity contribution in [3.63, 3.8) is 0 Å². The maximum Gasteiger partial charge on any atom is 0.419 e. The maximum absolute atomic E-state index is 12.3. The Morgan fingerprint density at radius 3 is 1.33 bits per heavy atom. The van der Waals surface area contributed by atoms with E-state index in [1.54, 1.807) is 0 Å². The number of alkyl halides is 6. The molecule has 4 atom stereocenters. The zero-order valence-electron chi connectivity index (χ0n) is 11.3. The van der Waals surface area contributed by atoms with Crippen LogP contribution in [0.25, 0.3) is 0 Å². The highest BCUT2D eigenvalue weighted by Crippen LogP contribution is 2.19. The van der Waals surface area contributed by atoms with Crippen molar-refractivity contribution < 1.29 is 46.4 Å². The minimum atomic E-state index is -4.68. The molecule has 0 spiro atoms. The first-order chi connectivity index (χ1) is 9.50. The first-order valence-corrected chi connectivity index (χ1v) is 6.67. The monoisotopic (exact) mass is 326 g/mol. The van der Waals surface area contributed by atoms with E-state index in [0.29, 0.717) is 29.3 Å². The second kappa shape index (κ2) is 7.12. The van der Waals surface area contributed by atoms with Crippen LogP contribution in [-0.2, 0) is 0 Å². The van der Waals surface area contributed by atoms with Crippen molar-refractivity contribution in [1.29, 1.82) is 0 Å². The van der Waals surface area contributed by atoms with Gasteiger partial charge < -0.3 is 20.0 Å². The Bertz CT molecular complexity index is 293. The molecule has 0 bridgehead atoms. The Morgan fingerprint density at radius 2 is 1.05 bits per heavy atom. The summed E-state index contributed by atoms with van der Waals surface area (Å²) in [5.74, 6) is 0. The second-order valence-electron chi connectivity index (χ2n) is 5.38. The quantitative estimate of drug-likeness (QED) is 0.452. The van der Waals surface area contributed by atoms with E-state index < -0.39 is 37.7 Å². The molecule has 1 saturated heterocycles. The molecule has 4 nitrogen and oxygen atoms in total. The first kappa shape index (κ1) is 18.5. The third-order valence-corrected chi connectivity index (χ3v) is 3.61. The number of aliphatic hydroxyl groups excluding tert-OH is 2. The van der Waals surface area contributed by atoms with Crippen molar-refractivity contribution in [1.82, 2.24) is 0 Å². The van der Waals surface area contributed by atoms with E-state index in [-0.39, 0.29) is 13.1 Å². The molecule has 0 aliphatic carbocycles. The van der Waals surface area contributed by atoms with Crippen LogP contribution < -0.4 is 9.80 Å². The van der Waals surface area contributed by atoms with Gasteiger partial charge in [0.05, 0.1) is 13.1 Å². The number of rotatable bonds is 4. The molecule has 1 fully saturated rings. The lowest BCUT2D eigenvalue weighted by Crippen LogP contribution is -3.19. The summed E-state index contributed by atoms with van der Waals surface area (Å²) >= 11 is 0. The number of hydrogen-bond acceptors (Lipinski definition) is 2. The summed E-state index contributed by atoms with van der Waals surface area (Å²) in [6.07, 6.45) is -13.8. The third kappa shape index (κ3) is 6.37. The van der Waals surface area contributed by atoms with Gasteiger partial charge in [-0.25, -0.2) is 0 Å². The standard InChI is InChI=1S/C11H18F6N2O2/c12-10(13,14)8(20)6-18-2-1-3-19(5-4-18)7-9(21)11(15,16)17/h8-9,20-21H,1-7H2/p+2/t8-,9-/m0/s1. The molecule has 21 heavy (non-hydrogen) atoms. The van der Waals surface area contributed by atoms with Crippen LogP contribution in [0.1, 0.15) is 6.42 Å². The van der Waals surface area contributed by atoms with Crippen molar-refractivity contribution in [2.45, 2.75) is 31.0 Å². The summed E-state index contributed by atoms with van der Waals surface area (Å²) in [7, 11) is 0. The molecule has 0 aromatic carbocycles. The van der Waals surface area contributed by atoms with Crippen LogP contribution in [0, 0.1) is 0 Å². The van der Waals surface area contributed by atoms with Crippen molar-refractivity contribution >= 4 is 0 Å². The van der Waals surface area contributed by atoms with Gasteiger partial charge in [0.1, 0.15) is 26.2 Å². The molecule has 0 aromatic rings. The average molecular weight is 326 g/mol. The van der Waals surface area contributed by atoms with Crippen molar-refractivity contribution in [2.24, 2.45) is 0 Å². The lowest BCUT2D eigenvalue weighted by atomic mass is 10.3. The van der Waals surface area contributed by atoms with Crippen LogP contribution >= 0.6 is 0 Å². The third-order valence-electron chi connectivity index (χ3n) is 3.61. The van der Waals surface area contributed by atoms with Crippen LogP contribution in [0.4, 0.5) is 26.3 Å². The molecule has 2 unspecified atom stereocenters. The molecule has 1 aliphatic heterocycles. The van der Waals surface area contributed by atoms with Gasteiger partial charge in [-0.1, -0.05) is 0 Å². The van der Waals surface area contributed by atoms with Crippen LogP contribution in [0.2, 0.25) is 0 Å². The highest BCUT2D eigenvalue weighted by atomic mass is 19.4. The Balaban J connectivity index is 2.44. The Labute approximate surface area is 117 Å². The van der Waals surface area contributed by atoms with Crippen LogP contribution in [0.5, 0.6) is 0 Å². The van der Waals surface area contributed by atoms with Gasteiger partial charge >= 0.3 is 12.4 Å². The number of halogens is 6. The number of nitrogens with one attached hydrogen (secondary N) is 2. The number of aliphatic hydroxyl groups is 2. The first-order valence-electron chi connectivity index (χ1n) is 6.67. The highest BCUT2D eigenvalue weighted by Gasteiger charge is 2.43. The molecule has 0 saturated carbocycles. The van der Waals surface area contributed by atoms with Gasteiger partial charge in [-0.15, -0.1) is 0 Å². The van der Waals surface area contributed by atoms with Crippen molar-refractivity contribution in [3.8, 4) is 0 Å². The molecule has 126 valence electrons. The zero-order valence-corrected chi connectivity index (χ0v) is 11.3. The van der Waals surface area contributed by atoms with Gasteiger partial charge in [-0.3, -0.25) is 0 Å². The molecule has 10 heteroatoms. The summed E-state index contributed by atoms with van der Waals surface area (Å²) in [5.41, 5.74) is 0. The van der Waals surface area contributed by atoms with Gasteiger partial charge in [0, 0.05) is 6.42 Å². The molecule has 0 radical (unpaired) electrons. The largest absolute Gasteiger partial charge is 0.419 e. The summed E-state index contributed by atoms with van der Waals surface area (Å²) in [5, 5.41) is 18.0.